The van der Waals surface area contributed by atoms with Crippen molar-refractivity contribution in [2.24, 2.45) is 0 Å². The van der Waals surface area contributed by atoms with Gasteiger partial charge in [0.1, 0.15) is 5.65 Å². The number of aromatic nitrogens is 2. The van der Waals surface area contributed by atoms with E-state index in [1.165, 1.54) is 0 Å². The second-order valence-electron chi connectivity index (χ2n) is 3.51. The average molecular weight is 274 g/mol. The quantitative estimate of drug-likeness (QED) is 0.660. The second-order valence-corrected chi connectivity index (χ2v) is 4.42. The molecule has 3 aromatic rings. The summed E-state index contributed by atoms with van der Waals surface area (Å²) < 4.78 is 10.9. The van der Waals surface area contributed by atoms with E-state index in [4.69, 9.17) is 1.37 Å². The van der Waals surface area contributed by atoms with E-state index in [1.54, 1.807) is 4.40 Å². The van der Waals surface area contributed by atoms with E-state index >= 15 is 0 Å². The highest BCUT2D eigenvalue weighted by molar-refractivity contribution is 9.10. The summed E-state index contributed by atoms with van der Waals surface area (Å²) in [6.45, 7) is 0. The number of halogens is 1. The maximum atomic E-state index is 8.10. The van der Waals surface area contributed by atoms with Crippen LogP contribution in [0.15, 0.2) is 59.3 Å². The monoisotopic (exact) mass is 273 g/mol. The molecule has 0 saturated heterocycles. The normalized spacial score (nSPS) is 11.7. The van der Waals surface area contributed by atoms with Crippen molar-refractivity contribution < 1.29 is 1.37 Å². The zero-order valence-electron chi connectivity index (χ0n) is 9.39. The van der Waals surface area contributed by atoms with Crippen molar-refractivity contribution in [1.82, 2.24) is 9.38 Å². The summed E-state index contributed by atoms with van der Waals surface area (Å²) in [6, 6.07) is 13.6. The Bertz CT molecular complexity index is 673. The standard InChI is InChI=1S/C13H9BrN2/c14-11-6-4-10(5-7-11)12-9-16-8-2-1-3-13(16)15-12/h1-9H/i9D. The minimum atomic E-state index is 0.419. The van der Waals surface area contributed by atoms with Crippen molar-refractivity contribution in [3.63, 3.8) is 0 Å². The van der Waals surface area contributed by atoms with Gasteiger partial charge in [-0.3, -0.25) is 0 Å². The van der Waals surface area contributed by atoms with E-state index in [0.717, 1.165) is 15.7 Å². The molecule has 0 fully saturated rings. The molecule has 3 heteroatoms. The van der Waals surface area contributed by atoms with Crippen molar-refractivity contribution >= 4 is 21.6 Å². The Balaban J connectivity index is 2.24. The lowest BCUT2D eigenvalue weighted by Gasteiger charge is -1.95. The molecule has 2 heterocycles. The minimum Gasteiger partial charge on any atom is -0.306 e. The highest BCUT2D eigenvalue weighted by Crippen LogP contribution is 2.21. The van der Waals surface area contributed by atoms with Crippen LogP contribution in [0, 0.1) is 0 Å². The van der Waals surface area contributed by atoms with Gasteiger partial charge in [-0.05, 0) is 24.3 Å². The van der Waals surface area contributed by atoms with Crippen LogP contribution in [0.5, 0.6) is 0 Å². The van der Waals surface area contributed by atoms with Gasteiger partial charge >= 0.3 is 0 Å². The van der Waals surface area contributed by atoms with Crippen LogP contribution in [0.3, 0.4) is 0 Å². The van der Waals surface area contributed by atoms with Gasteiger partial charge in [-0.2, -0.15) is 0 Å². The molecule has 0 unspecified atom stereocenters. The fraction of sp³-hybridized carbons (Fsp3) is 0. The van der Waals surface area contributed by atoms with E-state index in [2.05, 4.69) is 20.9 Å². The number of imidazole rings is 1. The predicted molar refractivity (Wildman–Crippen MR) is 68.3 cm³/mol. The maximum absolute atomic E-state index is 8.10. The van der Waals surface area contributed by atoms with E-state index in [1.807, 2.05) is 48.7 Å². The molecule has 3 rings (SSSR count). The lowest BCUT2D eigenvalue weighted by atomic mass is 10.2. The van der Waals surface area contributed by atoms with E-state index < -0.39 is 0 Å². The molecule has 0 amide bonds. The Labute approximate surface area is 103 Å². The van der Waals surface area contributed by atoms with Gasteiger partial charge in [0.05, 0.1) is 7.06 Å². The number of hydrogen-bond acceptors (Lipinski definition) is 1. The van der Waals surface area contributed by atoms with Gasteiger partial charge in [0.25, 0.3) is 0 Å². The van der Waals surface area contributed by atoms with Crippen LogP contribution in [0.2, 0.25) is 0 Å². The fourth-order valence-electron chi connectivity index (χ4n) is 1.61. The van der Waals surface area contributed by atoms with Crippen molar-refractivity contribution in [3.05, 3.63) is 59.3 Å². The predicted octanol–water partition coefficient (Wildman–Crippen LogP) is 3.76. The first-order valence-corrected chi connectivity index (χ1v) is 5.74. The average Bonchev–Trinajstić information content (AvgIpc) is 2.69. The number of nitrogens with zero attached hydrogens (tertiary/aromatic N) is 2. The lowest BCUT2D eigenvalue weighted by Crippen LogP contribution is -1.77. The first-order chi connectivity index (χ1) is 8.25. The Kier molecular flexibility index (Phi) is 2.00. The van der Waals surface area contributed by atoms with Gasteiger partial charge < -0.3 is 4.40 Å². The minimum absolute atomic E-state index is 0.419. The van der Waals surface area contributed by atoms with Crippen LogP contribution in [0.1, 0.15) is 1.37 Å². The van der Waals surface area contributed by atoms with Crippen LogP contribution >= 0.6 is 15.9 Å². The van der Waals surface area contributed by atoms with Crippen molar-refractivity contribution in [1.29, 1.82) is 0 Å². The number of hydrogen-bond donors (Lipinski definition) is 0. The second kappa shape index (κ2) is 3.76. The Morgan fingerprint density at radius 3 is 2.69 bits per heavy atom. The topological polar surface area (TPSA) is 17.3 Å². The summed E-state index contributed by atoms with van der Waals surface area (Å²) >= 11 is 3.40. The van der Waals surface area contributed by atoms with Crippen molar-refractivity contribution in [2.45, 2.75) is 0 Å². The van der Waals surface area contributed by atoms with E-state index in [-0.39, 0.29) is 0 Å². The third kappa shape index (κ3) is 1.63. The van der Waals surface area contributed by atoms with E-state index in [0.29, 0.717) is 11.9 Å². The zero-order chi connectivity index (χ0) is 11.8. The third-order valence-corrected chi connectivity index (χ3v) is 2.94. The highest BCUT2D eigenvalue weighted by Gasteiger charge is 2.02. The summed E-state index contributed by atoms with van der Waals surface area (Å²) in [4.78, 5) is 4.47. The van der Waals surface area contributed by atoms with Crippen molar-refractivity contribution in [2.75, 3.05) is 0 Å². The van der Waals surface area contributed by atoms with Crippen LogP contribution < -0.4 is 0 Å². The van der Waals surface area contributed by atoms with Crippen LogP contribution in [-0.4, -0.2) is 9.38 Å². The highest BCUT2D eigenvalue weighted by atomic mass is 79.9. The molecule has 0 aliphatic rings. The van der Waals surface area contributed by atoms with Gasteiger partial charge in [-0.1, -0.05) is 34.1 Å². The first-order valence-electron chi connectivity index (χ1n) is 5.45. The van der Waals surface area contributed by atoms with Gasteiger partial charge in [-0.15, -0.1) is 0 Å². The molecular weight excluding hydrogens is 264 g/mol. The molecule has 0 atom stereocenters. The first kappa shape index (κ1) is 8.53. The summed E-state index contributed by atoms with van der Waals surface area (Å²) in [5.74, 6) is 0. The molecule has 2 nitrogen and oxygen atoms in total. The molecule has 0 aliphatic heterocycles. The number of benzene rings is 1. The summed E-state index contributed by atoms with van der Waals surface area (Å²) in [5.41, 5.74) is 2.47. The number of pyridine rings is 1. The van der Waals surface area contributed by atoms with E-state index in [9.17, 15) is 0 Å². The third-order valence-electron chi connectivity index (χ3n) is 2.41. The van der Waals surface area contributed by atoms with Gasteiger partial charge in [0.15, 0.2) is 0 Å². The summed E-state index contributed by atoms with van der Waals surface area (Å²) in [7, 11) is 0. The molecule has 0 spiro atoms. The smallest absolute Gasteiger partial charge is 0.137 e. The molecule has 0 radical (unpaired) electrons. The number of rotatable bonds is 1. The molecule has 2 aromatic heterocycles. The lowest BCUT2D eigenvalue weighted by molar-refractivity contribution is 1.19. The Hall–Kier alpha value is -1.61. The zero-order valence-corrected chi connectivity index (χ0v) is 9.98. The van der Waals surface area contributed by atoms with Crippen LogP contribution in [0.25, 0.3) is 16.9 Å². The Morgan fingerprint density at radius 2 is 1.94 bits per heavy atom. The molecular formula is C13H9BrN2. The van der Waals surface area contributed by atoms with Gasteiger partial charge in [-0.25, -0.2) is 4.98 Å². The fourth-order valence-corrected chi connectivity index (χ4v) is 1.87. The summed E-state index contributed by atoms with van der Waals surface area (Å²) in [6.07, 6.45) is 2.27. The van der Waals surface area contributed by atoms with Crippen molar-refractivity contribution in [3.8, 4) is 11.3 Å². The van der Waals surface area contributed by atoms with Crippen LogP contribution in [0.4, 0.5) is 0 Å². The molecule has 16 heavy (non-hydrogen) atoms. The largest absolute Gasteiger partial charge is 0.306 e. The Morgan fingerprint density at radius 1 is 1.12 bits per heavy atom. The molecule has 0 saturated carbocycles. The molecule has 78 valence electrons. The summed E-state index contributed by atoms with van der Waals surface area (Å²) in [5, 5.41) is 0. The maximum Gasteiger partial charge on any atom is 0.137 e. The van der Waals surface area contributed by atoms with Gasteiger partial charge in [0, 0.05) is 22.4 Å². The SMILES string of the molecule is [2H]c1c(-c2ccc(Br)cc2)nc2ccccn12. The van der Waals surface area contributed by atoms with Crippen LogP contribution in [-0.2, 0) is 0 Å². The number of fused-ring (bicyclic) bond motifs is 1. The molecule has 0 aliphatic carbocycles. The molecule has 0 N–H and O–H groups in total. The van der Waals surface area contributed by atoms with Gasteiger partial charge in [0.2, 0.25) is 0 Å². The molecule has 0 bridgehead atoms. The molecule has 1 aromatic carbocycles.